The zero-order valence-electron chi connectivity index (χ0n) is 17.0. The minimum absolute atomic E-state index is 0.0861. The number of fused-ring (bicyclic) bond motifs is 3. The van der Waals surface area contributed by atoms with Gasteiger partial charge in [-0.2, -0.15) is 0 Å². The topological polar surface area (TPSA) is 66.0 Å². The fraction of sp³-hybridized carbons (Fsp3) is 0.250. The van der Waals surface area contributed by atoms with Crippen molar-refractivity contribution in [1.82, 2.24) is 9.97 Å². The molecular formula is C24H21FN2O2S. The Morgan fingerprint density at radius 1 is 1.13 bits per heavy atom. The molecule has 0 amide bonds. The molecule has 2 N–H and O–H groups in total. The smallest absolute Gasteiger partial charge is 0.167 e. The first-order valence-corrected chi connectivity index (χ1v) is 10.7. The van der Waals surface area contributed by atoms with Gasteiger partial charge in [-0.05, 0) is 54.3 Å². The molecule has 152 valence electrons. The predicted molar refractivity (Wildman–Crippen MR) is 119 cm³/mol. The Hall–Kier alpha value is -2.99. The van der Waals surface area contributed by atoms with Crippen LogP contribution in [-0.2, 0) is 4.79 Å². The summed E-state index contributed by atoms with van der Waals surface area (Å²) >= 11 is 1.59. The molecule has 0 aliphatic heterocycles. The van der Waals surface area contributed by atoms with E-state index in [0.717, 1.165) is 31.7 Å². The van der Waals surface area contributed by atoms with E-state index in [0.29, 0.717) is 29.7 Å². The van der Waals surface area contributed by atoms with E-state index >= 15 is 0 Å². The first-order valence-electron chi connectivity index (χ1n) is 9.87. The van der Waals surface area contributed by atoms with Crippen molar-refractivity contribution >= 4 is 43.8 Å². The van der Waals surface area contributed by atoms with Crippen LogP contribution in [0.15, 0.2) is 42.2 Å². The summed E-state index contributed by atoms with van der Waals surface area (Å²) in [5, 5.41) is 12.7. The molecule has 1 aliphatic carbocycles. The minimum Gasteiger partial charge on any atom is -0.512 e. The van der Waals surface area contributed by atoms with Crippen LogP contribution in [0.5, 0.6) is 0 Å². The summed E-state index contributed by atoms with van der Waals surface area (Å²) in [6, 6.07) is 10.1. The van der Waals surface area contributed by atoms with Crippen molar-refractivity contribution in [2.75, 3.05) is 0 Å². The molecule has 0 saturated carbocycles. The van der Waals surface area contributed by atoms with Gasteiger partial charge in [-0.3, -0.25) is 4.79 Å². The number of aromatic amines is 1. The number of benzene rings is 2. The molecule has 30 heavy (non-hydrogen) atoms. The molecule has 0 radical (unpaired) electrons. The van der Waals surface area contributed by atoms with Gasteiger partial charge >= 0.3 is 0 Å². The highest BCUT2D eigenvalue weighted by Gasteiger charge is 2.36. The Morgan fingerprint density at radius 2 is 1.87 bits per heavy atom. The van der Waals surface area contributed by atoms with Gasteiger partial charge in [0.1, 0.15) is 11.6 Å². The fourth-order valence-corrected chi connectivity index (χ4v) is 5.27. The van der Waals surface area contributed by atoms with Gasteiger partial charge in [-0.25, -0.2) is 9.37 Å². The largest absolute Gasteiger partial charge is 0.512 e. The highest BCUT2D eigenvalue weighted by Crippen LogP contribution is 2.46. The van der Waals surface area contributed by atoms with Crippen LogP contribution in [0, 0.1) is 18.2 Å². The van der Waals surface area contributed by atoms with E-state index in [1.54, 1.807) is 23.5 Å². The molecule has 4 nitrogen and oxygen atoms in total. The third-order valence-electron chi connectivity index (χ3n) is 5.66. The zero-order valence-corrected chi connectivity index (χ0v) is 17.8. The highest BCUT2D eigenvalue weighted by molar-refractivity contribution is 7.18. The van der Waals surface area contributed by atoms with Crippen LogP contribution in [-0.4, -0.2) is 20.9 Å². The second-order valence-electron chi connectivity index (χ2n) is 8.71. The molecule has 0 unspecified atom stereocenters. The maximum Gasteiger partial charge on any atom is 0.167 e. The van der Waals surface area contributed by atoms with Crippen molar-refractivity contribution in [2.45, 2.75) is 33.6 Å². The number of rotatable bonds is 2. The standard InChI is InChI=1S/C24H21FN2O2S/c1-12-26-23-18(30-12)9-8-15-19(23)21(20-16(28)10-24(2,3)11-17(20)29)22(27-15)13-4-6-14(25)7-5-13/h4-9,27-28H,10-11H2,1-3H3. The van der Waals surface area contributed by atoms with Crippen molar-refractivity contribution < 1.29 is 14.3 Å². The molecule has 2 aromatic carbocycles. The van der Waals surface area contributed by atoms with Gasteiger partial charge in [-0.15, -0.1) is 11.3 Å². The second kappa shape index (κ2) is 6.51. The quantitative estimate of drug-likeness (QED) is 0.386. The zero-order chi connectivity index (χ0) is 21.2. The van der Waals surface area contributed by atoms with Gasteiger partial charge in [-0.1, -0.05) is 13.8 Å². The Kier molecular flexibility index (Phi) is 4.12. The molecular weight excluding hydrogens is 399 g/mol. The molecule has 0 atom stereocenters. The summed E-state index contributed by atoms with van der Waals surface area (Å²) in [6.45, 7) is 5.92. The number of aryl methyl sites for hydroxylation is 1. The molecule has 1 aliphatic rings. The second-order valence-corrected chi connectivity index (χ2v) is 9.95. The lowest BCUT2D eigenvalue weighted by molar-refractivity contribution is -0.116. The summed E-state index contributed by atoms with van der Waals surface area (Å²) in [7, 11) is 0. The van der Waals surface area contributed by atoms with Crippen molar-refractivity contribution in [3.05, 3.63) is 58.5 Å². The molecule has 2 heterocycles. The lowest BCUT2D eigenvalue weighted by atomic mass is 9.74. The molecule has 4 aromatic rings. The Balaban J connectivity index is 1.90. The number of thiazole rings is 1. The number of halogens is 1. The van der Waals surface area contributed by atoms with Gasteiger partial charge in [0.25, 0.3) is 0 Å². The van der Waals surface area contributed by atoms with E-state index in [1.165, 1.54) is 12.1 Å². The number of carbonyl (C=O) groups excluding carboxylic acids is 1. The number of H-pyrrole nitrogens is 1. The Labute approximate surface area is 177 Å². The molecule has 0 bridgehead atoms. The van der Waals surface area contributed by atoms with Crippen LogP contribution < -0.4 is 0 Å². The van der Waals surface area contributed by atoms with Crippen molar-refractivity contribution in [3.63, 3.8) is 0 Å². The van der Waals surface area contributed by atoms with Crippen LogP contribution in [0.1, 0.15) is 37.3 Å². The van der Waals surface area contributed by atoms with Gasteiger partial charge in [0.15, 0.2) is 5.78 Å². The maximum absolute atomic E-state index is 13.6. The van der Waals surface area contributed by atoms with Gasteiger partial charge in [0.2, 0.25) is 0 Å². The van der Waals surface area contributed by atoms with Crippen LogP contribution in [0.25, 0.3) is 38.0 Å². The van der Waals surface area contributed by atoms with Crippen LogP contribution >= 0.6 is 11.3 Å². The van der Waals surface area contributed by atoms with Gasteiger partial charge < -0.3 is 10.1 Å². The van der Waals surface area contributed by atoms with Crippen molar-refractivity contribution in [1.29, 1.82) is 0 Å². The number of Topliss-reactive ketones (excluding diaryl/α,β-unsaturated/α-hetero) is 1. The van der Waals surface area contributed by atoms with Crippen LogP contribution in [0.3, 0.4) is 0 Å². The third-order valence-corrected chi connectivity index (χ3v) is 6.60. The summed E-state index contributed by atoms with van der Waals surface area (Å²) in [4.78, 5) is 21.4. The minimum atomic E-state index is -0.327. The molecule has 2 aromatic heterocycles. The fourth-order valence-electron chi connectivity index (χ4n) is 4.44. The molecule has 5 rings (SSSR count). The van der Waals surface area contributed by atoms with E-state index < -0.39 is 0 Å². The number of aliphatic hydroxyl groups is 1. The van der Waals surface area contributed by atoms with Crippen molar-refractivity contribution in [2.24, 2.45) is 5.41 Å². The average Bonchev–Trinajstić information content (AvgIpc) is 3.21. The third kappa shape index (κ3) is 2.94. The molecule has 0 saturated heterocycles. The number of aliphatic hydroxyl groups excluding tert-OH is 1. The highest BCUT2D eigenvalue weighted by atomic mass is 32.1. The van der Waals surface area contributed by atoms with Crippen LogP contribution in [0.2, 0.25) is 0 Å². The maximum atomic E-state index is 13.6. The lowest BCUT2D eigenvalue weighted by Crippen LogP contribution is -2.25. The van der Waals surface area contributed by atoms with E-state index in [2.05, 4.69) is 4.98 Å². The first kappa shape index (κ1) is 19.0. The molecule has 6 heteroatoms. The number of nitrogens with one attached hydrogen (secondary N) is 1. The predicted octanol–water partition coefficient (Wildman–Crippen LogP) is 6.55. The van der Waals surface area contributed by atoms with Crippen molar-refractivity contribution in [3.8, 4) is 11.3 Å². The number of hydrogen-bond acceptors (Lipinski definition) is 4. The summed E-state index contributed by atoms with van der Waals surface area (Å²) in [5.74, 6) is -0.312. The monoisotopic (exact) mass is 420 g/mol. The number of carbonyl (C=O) groups is 1. The first-order chi connectivity index (χ1) is 14.2. The summed E-state index contributed by atoms with van der Waals surface area (Å²) in [6.07, 6.45) is 0.781. The molecule has 0 fully saturated rings. The van der Waals surface area contributed by atoms with E-state index in [4.69, 9.17) is 4.98 Å². The van der Waals surface area contributed by atoms with E-state index in [9.17, 15) is 14.3 Å². The van der Waals surface area contributed by atoms with Crippen LogP contribution in [0.4, 0.5) is 4.39 Å². The number of allylic oxidation sites excluding steroid dienone is 2. The number of ketones is 1. The summed E-state index contributed by atoms with van der Waals surface area (Å²) in [5.41, 5.74) is 3.80. The summed E-state index contributed by atoms with van der Waals surface area (Å²) < 4.78 is 14.6. The Bertz CT molecular complexity index is 1360. The lowest BCUT2D eigenvalue weighted by Gasteiger charge is -2.29. The number of hydrogen-bond donors (Lipinski definition) is 2. The molecule has 0 spiro atoms. The van der Waals surface area contributed by atoms with Gasteiger partial charge in [0, 0.05) is 29.3 Å². The Morgan fingerprint density at radius 3 is 2.57 bits per heavy atom. The number of aromatic nitrogens is 2. The van der Waals surface area contributed by atoms with Gasteiger partial charge in [0.05, 0.1) is 26.5 Å². The average molecular weight is 421 g/mol. The number of nitrogens with zero attached hydrogens (tertiary/aromatic N) is 1. The normalized spacial score (nSPS) is 16.7. The SMILES string of the molecule is Cc1nc2c(ccc3[nH]c(-c4ccc(F)cc4)c(C4=C(O)CC(C)(C)CC4=O)c32)s1. The van der Waals surface area contributed by atoms with E-state index in [-0.39, 0.29) is 22.8 Å². The van der Waals surface area contributed by atoms with E-state index in [1.807, 2.05) is 32.9 Å².